The second-order valence-corrected chi connectivity index (χ2v) is 8.88. The Morgan fingerprint density at radius 1 is 1.00 bits per heavy atom. The summed E-state index contributed by atoms with van der Waals surface area (Å²) in [5.41, 5.74) is 6.20. The number of aryl methyl sites for hydroxylation is 1. The minimum Gasteiger partial charge on any atom is -0.356 e. The summed E-state index contributed by atoms with van der Waals surface area (Å²) in [6.45, 7) is 4.28. The lowest BCUT2D eigenvalue weighted by molar-refractivity contribution is -0.123. The first-order chi connectivity index (χ1) is 13.8. The quantitative estimate of drug-likeness (QED) is 0.807. The van der Waals surface area contributed by atoms with Crippen molar-refractivity contribution in [3.63, 3.8) is 0 Å². The molecule has 3 heteroatoms. The van der Waals surface area contributed by atoms with Crippen molar-refractivity contribution in [3.8, 4) is 0 Å². The number of carbonyl (C=O) groups is 1. The van der Waals surface area contributed by atoms with Crippen LogP contribution in [0, 0.1) is 0 Å². The van der Waals surface area contributed by atoms with Gasteiger partial charge in [0.05, 0.1) is 5.92 Å². The first-order valence-electron chi connectivity index (χ1n) is 10.9. The summed E-state index contributed by atoms with van der Waals surface area (Å²) in [5, 5.41) is 3.16. The van der Waals surface area contributed by atoms with E-state index in [1.54, 1.807) is 11.1 Å². The van der Waals surface area contributed by atoms with E-state index in [9.17, 15) is 4.79 Å². The van der Waals surface area contributed by atoms with Crippen LogP contribution in [0.2, 0.25) is 0 Å². The molecular formula is C25H30N2O. The molecule has 1 saturated heterocycles. The van der Waals surface area contributed by atoms with Gasteiger partial charge in [-0.2, -0.15) is 0 Å². The minimum absolute atomic E-state index is 0.0773. The highest BCUT2D eigenvalue weighted by molar-refractivity contribution is 5.86. The molecule has 3 nitrogen and oxygen atoms in total. The minimum atomic E-state index is 0.0773. The van der Waals surface area contributed by atoms with Gasteiger partial charge in [0.2, 0.25) is 5.91 Å². The smallest absolute Gasteiger partial charge is 0.227 e. The van der Waals surface area contributed by atoms with E-state index in [1.807, 2.05) is 6.07 Å². The molecule has 0 bridgehead atoms. The van der Waals surface area contributed by atoms with Gasteiger partial charge in [-0.15, -0.1) is 0 Å². The van der Waals surface area contributed by atoms with Crippen LogP contribution in [0.3, 0.4) is 0 Å². The monoisotopic (exact) mass is 374 g/mol. The van der Waals surface area contributed by atoms with Crippen molar-refractivity contribution in [2.75, 3.05) is 26.2 Å². The average molecular weight is 375 g/mol. The van der Waals surface area contributed by atoms with Crippen LogP contribution in [0.25, 0.3) is 0 Å². The molecule has 1 amide bonds. The molecule has 1 unspecified atom stereocenters. The molecule has 2 aromatic rings. The number of fused-ring (bicyclic) bond motifs is 3. The Kier molecular flexibility index (Phi) is 4.72. The Morgan fingerprint density at radius 3 is 2.57 bits per heavy atom. The lowest BCUT2D eigenvalue weighted by Crippen LogP contribution is -2.42. The SMILES string of the molecule is O=C(NCCCN1CCC2(CCc3ccccc32)CC1)C1Cc2ccccc21. The molecule has 28 heavy (non-hydrogen) atoms. The zero-order valence-electron chi connectivity index (χ0n) is 16.6. The fourth-order valence-electron chi connectivity index (χ4n) is 5.62. The molecule has 1 atom stereocenters. The van der Waals surface area contributed by atoms with Crippen LogP contribution in [-0.4, -0.2) is 37.0 Å². The Bertz CT molecular complexity index is 866. The Morgan fingerprint density at radius 2 is 1.75 bits per heavy atom. The highest BCUT2D eigenvalue weighted by Gasteiger charge is 2.40. The predicted octanol–water partition coefficient (Wildman–Crippen LogP) is 3.81. The number of benzene rings is 2. The summed E-state index contributed by atoms with van der Waals surface area (Å²) in [5.74, 6) is 0.285. The topological polar surface area (TPSA) is 32.3 Å². The summed E-state index contributed by atoms with van der Waals surface area (Å²) < 4.78 is 0. The Labute approximate surface area is 168 Å². The van der Waals surface area contributed by atoms with E-state index in [-0.39, 0.29) is 11.8 Å². The van der Waals surface area contributed by atoms with Crippen molar-refractivity contribution in [2.45, 2.75) is 49.9 Å². The maximum absolute atomic E-state index is 12.4. The van der Waals surface area contributed by atoms with Gasteiger partial charge in [0.25, 0.3) is 0 Å². The average Bonchev–Trinajstić information content (AvgIpc) is 3.06. The van der Waals surface area contributed by atoms with Crippen LogP contribution in [0.1, 0.15) is 53.9 Å². The molecule has 2 aliphatic carbocycles. The second-order valence-electron chi connectivity index (χ2n) is 8.88. The highest BCUT2D eigenvalue weighted by atomic mass is 16.1. The maximum atomic E-state index is 12.4. The van der Waals surface area contributed by atoms with Crippen molar-refractivity contribution < 1.29 is 4.79 Å². The highest BCUT2D eigenvalue weighted by Crippen LogP contribution is 2.46. The zero-order chi connectivity index (χ0) is 19.0. The van der Waals surface area contributed by atoms with E-state index in [2.05, 4.69) is 52.7 Å². The molecule has 146 valence electrons. The molecule has 1 fully saturated rings. The fraction of sp³-hybridized carbons (Fsp3) is 0.480. The number of nitrogens with one attached hydrogen (secondary N) is 1. The summed E-state index contributed by atoms with van der Waals surface area (Å²) in [6, 6.07) is 17.4. The molecule has 0 radical (unpaired) electrons. The Balaban J connectivity index is 1.05. The summed E-state index contributed by atoms with van der Waals surface area (Å²) >= 11 is 0. The van der Waals surface area contributed by atoms with Crippen LogP contribution in [-0.2, 0) is 23.1 Å². The molecule has 5 rings (SSSR count). The van der Waals surface area contributed by atoms with Gasteiger partial charge in [-0.3, -0.25) is 4.79 Å². The maximum Gasteiger partial charge on any atom is 0.227 e. The number of hydrogen-bond acceptors (Lipinski definition) is 2. The third-order valence-electron chi connectivity index (χ3n) is 7.40. The molecule has 1 spiro atoms. The molecule has 2 aromatic carbocycles. The summed E-state index contributed by atoms with van der Waals surface area (Å²) in [6.07, 6.45) is 7.11. The van der Waals surface area contributed by atoms with Crippen LogP contribution >= 0.6 is 0 Å². The predicted molar refractivity (Wildman–Crippen MR) is 113 cm³/mol. The summed E-state index contributed by atoms with van der Waals surface area (Å²) in [7, 11) is 0. The number of hydrogen-bond donors (Lipinski definition) is 1. The van der Waals surface area contributed by atoms with Gasteiger partial charge in [-0.25, -0.2) is 0 Å². The van der Waals surface area contributed by atoms with Crippen LogP contribution in [0.4, 0.5) is 0 Å². The summed E-state index contributed by atoms with van der Waals surface area (Å²) in [4.78, 5) is 15.0. The van der Waals surface area contributed by atoms with Crippen molar-refractivity contribution in [1.82, 2.24) is 10.2 Å². The van der Waals surface area contributed by atoms with Crippen molar-refractivity contribution in [1.29, 1.82) is 0 Å². The molecule has 1 aliphatic heterocycles. The fourth-order valence-corrected chi connectivity index (χ4v) is 5.62. The molecular weight excluding hydrogens is 344 g/mol. The first kappa shape index (κ1) is 17.9. The van der Waals surface area contributed by atoms with Crippen molar-refractivity contribution >= 4 is 5.91 Å². The molecule has 1 N–H and O–H groups in total. The Hall–Kier alpha value is -2.13. The van der Waals surface area contributed by atoms with Gasteiger partial charge >= 0.3 is 0 Å². The largest absolute Gasteiger partial charge is 0.356 e. The molecule has 0 saturated carbocycles. The van der Waals surface area contributed by atoms with Crippen molar-refractivity contribution in [2.24, 2.45) is 0 Å². The van der Waals surface area contributed by atoms with Gasteiger partial charge in [-0.1, -0.05) is 48.5 Å². The van der Waals surface area contributed by atoms with Gasteiger partial charge in [-0.05, 0) is 85.8 Å². The number of likely N-dealkylation sites (tertiary alicyclic amines) is 1. The van der Waals surface area contributed by atoms with Gasteiger partial charge < -0.3 is 10.2 Å². The van der Waals surface area contributed by atoms with Crippen LogP contribution in [0.15, 0.2) is 48.5 Å². The zero-order valence-corrected chi connectivity index (χ0v) is 16.6. The first-order valence-corrected chi connectivity index (χ1v) is 10.9. The standard InChI is InChI=1S/C25H30N2O/c28-24(22-18-20-7-1-3-8-21(20)22)26-14-5-15-27-16-12-25(13-17-27)11-10-19-6-2-4-9-23(19)25/h1-4,6-9,22H,5,10-18H2,(H,26,28). The van der Waals surface area contributed by atoms with Gasteiger partial charge in [0.15, 0.2) is 0 Å². The number of amides is 1. The van der Waals surface area contributed by atoms with E-state index in [0.29, 0.717) is 5.41 Å². The lowest BCUT2D eigenvalue weighted by Gasteiger charge is -2.40. The van der Waals surface area contributed by atoms with E-state index >= 15 is 0 Å². The second kappa shape index (κ2) is 7.36. The lowest BCUT2D eigenvalue weighted by atomic mass is 9.74. The third-order valence-corrected chi connectivity index (χ3v) is 7.40. The molecule has 1 heterocycles. The van der Waals surface area contributed by atoms with Crippen molar-refractivity contribution in [3.05, 3.63) is 70.8 Å². The van der Waals surface area contributed by atoms with E-state index < -0.39 is 0 Å². The van der Waals surface area contributed by atoms with E-state index in [4.69, 9.17) is 0 Å². The van der Waals surface area contributed by atoms with Crippen LogP contribution < -0.4 is 5.32 Å². The van der Waals surface area contributed by atoms with E-state index in [0.717, 1.165) is 25.9 Å². The molecule has 0 aromatic heterocycles. The van der Waals surface area contributed by atoms with Crippen LogP contribution in [0.5, 0.6) is 0 Å². The number of piperidine rings is 1. The number of carbonyl (C=O) groups excluding carboxylic acids is 1. The number of nitrogens with zero attached hydrogens (tertiary/aromatic N) is 1. The third kappa shape index (κ3) is 3.16. The molecule has 3 aliphatic rings. The normalized spacial score (nSPS) is 22.4. The van der Waals surface area contributed by atoms with Gasteiger partial charge in [0.1, 0.15) is 0 Å². The van der Waals surface area contributed by atoms with E-state index in [1.165, 1.54) is 49.9 Å². The van der Waals surface area contributed by atoms with Gasteiger partial charge in [0, 0.05) is 6.54 Å². The number of rotatable bonds is 5.